The van der Waals surface area contributed by atoms with Gasteiger partial charge in [-0.05, 0) is 50.2 Å². The molecule has 0 fully saturated rings. The van der Waals surface area contributed by atoms with Gasteiger partial charge in [-0.2, -0.15) is 13.2 Å². The number of benzene rings is 2. The monoisotopic (exact) mass is 434 g/mol. The van der Waals surface area contributed by atoms with Crippen molar-refractivity contribution < 1.29 is 32.2 Å². The Hall–Kier alpha value is -3.20. The van der Waals surface area contributed by atoms with Gasteiger partial charge >= 0.3 is 12.1 Å². The van der Waals surface area contributed by atoms with Gasteiger partial charge in [-0.25, -0.2) is 14.8 Å². The van der Waals surface area contributed by atoms with Crippen LogP contribution in [0.1, 0.15) is 18.2 Å². The molecule has 9 heteroatoms. The van der Waals surface area contributed by atoms with E-state index in [1.165, 1.54) is 6.07 Å². The average molecular weight is 434 g/mol. The third kappa shape index (κ3) is 5.91. The zero-order chi connectivity index (χ0) is 22.4. The highest BCUT2D eigenvalue weighted by atomic mass is 19.4. The van der Waals surface area contributed by atoms with E-state index in [1.807, 2.05) is 0 Å². The van der Waals surface area contributed by atoms with Crippen LogP contribution in [0, 0.1) is 6.92 Å². The van der Waals surface area contributed by atoms with Gasteiger partial charge in [0, 0.05) is 16.6 Å². The number of carbonyl (C=O) groups is 1. The van der Waals surface area contributed by atoms with Crippen molar-refractivity contribution in [3.8, 4) is 17.1 Å². The Morgan fingerprint density at radius 3 is 2.45 bits per heavy atom. The average Bonchev–Trinajstić information content (AvgIpc) is 2.73. The lowest BCUT2D eigenvalue weighted by Crippen LogP contribution is -2.15. The number of fused-ring (bicyclic) bond motifs is 1. The maximum atomic E-state index is 13.0. The van der Waals surface area contributed by atoms with E-state index in [4.69, 9.17) is 14.2 Å². The highest BCUT2D eigenvalue weighted by molar-refractivity contribution is 5.83. The number of rotatable bonds is 8. The van der Waals surface area contributed by atoms with E-state index >= 15 is 0 Å². The molecule has 31 heavy (non-hydrogen) atoms. The molecule has 2 aromatic carbocycles. The molecule has 0 aliphatic carbocycles. The van der Waals surface area contributed by atoms with E-state index < -0.39 is 17.7 Å². The smallest absolute Gasteiger partial charge is 0.416 e. The van der Waals surface area contributed by atoms with Gasteiger partial charge in [0.25, 0.3) is 0 Å². The van der Waals surface area contributed by atoms with Gasteiger partial charge in [0.2, 0.25) is 0 Å². The SMILES string of the molecule is CCOC(=O)COCCOc1ccc(-c2nc(C)c3ccc(C(F)(F)F)cc3n2)cc1. The van der Waals surface area contributed by atoms with E-state index in [0.29, 0.717) is 34.8 Å². The summed E-state index contributed by atoms with van der Waals surface area (Å²) in [5, 5.41) is 0.569. The van der Waals surface area contributed by atoms with Crippen LogP contribution in [-0.4, -0.2) is 42.4 Å². The van der Waals surface area contributed by atoms with Crippen molar-refractivity contribution in [2.75, 3.05) is 26.4 Å². The maximum Gasteiger partial charge on any atom is 0.416 e. The summed E-state index contributed by atoms with van der Waals surface area (Å²) in [6.07, 6.45) is -4.44. The molecule has 1 heterocycles. The summed E-state index contributed by atoms with van der Waals surface area (Å²) in [5.74, 6) is 0.467. The lowest BCUT2D eigenvalue weighted by molar-refractivity contribution is -0.148. The molecular weight excluding hydrogens is 413 g/mol. The van der Waals surface area contributed by atoms with Gasteiger partial charge in [0.1, 0.15) is 19.0 Å². The minimum atomic E-state index is -4.44. The van der Waals surface area contributed by atoms with Crippen molar-refractivity contribution in [2.45, 2.75) is 20.0 Å². The summed E-state index contributed by atoms with van der Waals surface area (Å²) >= 11 is 0. The highest BCUT2D eigenvalue weighted by Gasteiger charge is 2.30. The molecule has 164 valence electrons. The van der Waals surface area contributed by atoms with E-state index in [-0.39, 0.29) is 25.3 Å². The molecule has 0 N–H and O–H groups in total. The summed E-state index contributed by atoms with van der Waals surface area (Å²) in [7, 11) is 0. The second-order valence-corrected chi connectivity index (χ2v) is 6.59. The summed E-state index contributed by atoms with van der Waals surface area (Å²) < 4.78 is 54.5. The van der Waals surface area contributed by atoms with Crippen LogP contribution in [0.25, 0.3) is 22.3 Å². The number of hydrogen-bond donors (Lipinski definition) is 0. The molecule has 0 atom stereocenters. The number of nitrogens with zero attached hydrogens (tertiary/aromatic N) is 2. The highest BCUT2D eigenvalue weighted by Crippen LogP contribution is 2.32. The van der Waals surface area contributed by atoms with Crippen LogP contribution in [0.5, 0.6) is 5.75 Å². The molecule has 0 saturated heterocycles. The van der Waals surface area contributed by atoms with Gasteiger partial charge in [0.05, 0.1) is 24.3 Å². The molecule has 0 aliphatic rings. The van der Waals surface area contributed by atoms with Crippen LogP contribution in [0.4, 0.5) is 13.2 Å². The van der Waals surface area contributed by atoms with Crippen molar-refractivity contribution in [1.82, 2.24) is 9.97 Å². The minimum Gasteiger partial charge on any atom is -0.491 e. The summed E-state index contributed by atoms with van der Waals surface area (Å²) in [4.78, 5) is 19.9. The fourth-order valence-corrected chi connectivity index (χ4v) is 2.87. The fourth-order valence-electron chi connectivity index (χ4n) is 2.87. The van der Waals surface area contributed by atoms with Crippen molar-refractivity contribution in [1.29, 1.82) is 0 Å². The van der Waals surface area contributed by atoms with Crippen LogP contribution >= 0.6 is 0 Å². The van der Waals surface area contributed by atoms with Crippen LogP contribution in [0.3, 0.4) is 0 Å². The van der Waals surface area contributed by atoms with Gasteiger partial charge in [-0.15, -0.1) is 0 Å². The lowest BCUT2D eigenvalue weighted by Gasteiger charge is -2.10. The molecule has 0 bridgehead atoms. The molecule has 0 amide bonds. The fraction of sp³-hybridized carbons (Fsp3) is 0.318. The molecular formula is C22H21F3N2O4. The molecule has 0 spiro atoms. The van der Waals surface area contributed by atoms with E-state index in [9.17, 15) is 18.0 Å². The van der Waals surface area contributed by atoms with Crippen LogP contribution in [0.15, 0.2) is 42.5 Å². The molecule has 0 aliphatic heterocycles. The van der Waals surface area contributed by atoms with Crippen molar-refractivity contribution in [3.05, 3.63) is 53.7 Å². The van der Waals surface area contributed by atoms with E-state index in [0.717, 1.165) is 12.1 Å². The van der Waals surface area contributed by atoms with Crippen LogP contribution < -0.4 is 4.74 Å². The molecule has 0 unspecified atom stereocenters. The Bertz CT molecular complexity index is 1050. The van der Waals surface area contributed by atoms with Crippen molar-refractivity contribution in [2.24, 2.45) is 0 Å². The van der Waals surface area contributed by atoms with Gasteiger partial charge in [-0.1, -0.05) is 6.07 Å². The first-order chi connectivity index (χ1) is 14.8. The second-order valence-electron chi connectivity index (χ2n) is 6.59. The number of aromatic nitrogens is 2. The predicted octanol–water partition coefficient (Wildman–Crippen LogP) is 4.58. The zero-order valence-electron chi connectivity index (χ0n) is 17.0. The normalized spacial score (nSPS) is 11.5. The second kappa shape index (κ2) is 9.74. The third-order valence-electron chi connectivity index (χ3n) is 4.35. The van der Waals surface area contributed by atoms with Crippen molar-refractivity contribution in [3.63, 3.8) is 0 Å². The topological polar surface area (TPSA) is 70.5 Å². The van der Waals surface area contributed by atoms with Crippen LogP contribution in [0.2, 0.25) is 0 Å². The Balaban J connectivity index is 1.67. The Labute approximate surface area is 177 Å². The molecule has 6 nitrogen and oxygen atoms in total. The molecule has 1 aromatic heterocycles. The summed E-state index contributed by atoms with van der Waals surface area (Å²) in [5.41, 5.74) is 0.718. The molecule has 0 saturated carbocycles. The van der Waals surface area contributed by atoms with Gasteiger partial charge in [-0.3, -0.25) is 0 Å². The summed E-state index contributed by atoms with van der Waals surface area (Å²) in [6, 6.07) is 10.3. The first kappa shape index (κ1) is 22.5. The quantitative estimate of drug-likeness (QED) is 0.382. The van der Waals surface area contributed by atoms with Crippen molar-refractivity contribution >= 4 is 16.9 Å². The first-order valence-corrected chi connectivity index (χ1v) is 9.60. The predicted molar refractivity (Wildman–Crippen MR) is 108 cm³/mol. The molecule has 3 aromatic rings. The number of esters is 1. The number of halogens is 3. The Kier molecular flexibility index (Phi) is 7.06. The number of alkyl halides is 3. The third-order valence-corrected chi connectivity index (χ3v) is 4.35. The number of hydrogen-bond acceptors (Lipinski definition) is 6. The Morgan fingerprint density at radius 1 is 1.03 bits per heavy atom. The Morgan fingerprint density at radius 2 is 1.77 bits per heavy atom. The van der Waals surface area contributed by atoms with Gasteiger partial charge < -0.3 is 14.2 Å². The largest absolute Gasteiger partial charge is 0.491 e. The molecule has 0 radical (unpaired) electrons. The first-order valence-electron chi connectivity index (χ1n) is 9.60. The van der Waals surface area contributed by atoms with E-state index in [2.05, 4.69) is 9.97 Å². The number of aryl methyl sites for hydroxylation is 1. The zero-order valence-corrected chi connectivity index (χ0v) is 17.0. The number of carbonyl (C=O) groups excluding carboxylic acids is 1. The maximum absolute atomic E-state index is 13.0. The summed E-state index contributed by atoms with van der Waals surface area (Å²) in [6.45, 7) is 4.07. The van der Waals surface area contributed by atoms with E-state index in [1.54, 1.807) is 38.1 Å². The van der Waals surface area contributed by atoms with Crippen LogP contribution in [-0.2, 0) is 20.4 Å². The molecule has 3 rings (SSSR count). The van der Waals surface area contributed by atoms with Gasteiger partial charge in [0.15, 0.2) is 5.82 Å². The standard InChI is InChI=1S/C22H21F3N2O4/c1-3-30-20(28)13-29-10-11-31-17-7-4-15(5-8-17)21-26-14(2)18-9-6-16(22(23,24)25)12-19(18)27-21/h4-9,12H,3,10-11,13H2,1-2H3. The number of ether oxygens (including phenoxy) is 3. The minimum absolute atomic E-state index is 0.134. The lowest BCUT2D eigenvalue weighted by atomic mass is 10.1.